The van der Waals surface area contributed by atoms with Gasteiger partial charge in [0.15, 0.2) is 0 Å². The highest BCUT2D eigenvalue weighted by molar-refractivity contribution is 6.31. The molecule has 0 aliphatic rings. The molecule has 0 spiro atoms. The van der Waals surface area contributed by atoms with Crippen LogP contribution < -0.4 is 5.32 Å². The molecule has 5 heteroatoms. The summed E-state index contributed by atoms with van der Waals surface area (Å²) in [5.41, 5.74) is 2.57. The van der Waals surface area contributed by atoms with E-state index in [-0.39, 0.29) is 5.91 Å². The lowest BCUT2D eigenvalue weighted by molar-refractivity contribution is 0.0943. The second-order valence-corrected chi connectivity index (χ2v) is 5.27. The average Bonchev–Trinajstić information content (AvgIpc) is 2.83. The lowest BCUT2D eigenvalue weighted by atomic mass is 10.2. The first kappa shape index (κ1) is 13.6. The van der Waals surface area contributed by atoms with Crippen LogP contribution in [0, 0.1) is 0 Å². The van der Waals surface area contributed by atoms with Gasteiger partial charge < -0.3 is 9.88 Å². The maximum Gasteiger partial charge on any atom is 0.268 e. The van der Waals surface area contributed by atoms with Crippen LogP contribution in [0.5, 0.6) is 0 Å². The molecule has 1 aromatic carbocycles. The molecule has 0 saturated heterocycles. The third kappa shape index (κ3) is 2.76. The van der Waals surface area contributed by atoms with Crippen molar-refractivity contribution in [3.63, 3.8) is 0 Å². The maximum absolute atomic E-state index is 12.3. The summed E-state index contributed by atoms with van der Waals surface area (Å²) in [5.74, 6) is -0.110. The van der Waals surface area contributed by atoms with Gasteiger partial charge in [0, 0.05) is 41.9 Å². The molecule has 21 heavy (non-hydrogen) atoms. The molecule has 0 bridgehead atoms. The fourth-order valence-corrected chi connectivity index (χ4v) is 2.46. The number of halogens is 1. The van der Waals surface area contributed by atoms with E-state index in [0.29, 0.717) is 17.3 Å². The van der Waals surface area contributed by atoms with E-state index in [0.717, 1.165) is 16.5 Å². The summed E-state index contributed by atoms with van der Waals surface area (Å²) in [5, 5.41) is 4.57. The largest absolute Gasteiger partial charge is 0.347 e. The third-order valence-electron chi connectivity index (χ3n) is 3.44. The molecule has 0 atom stereocenters. The molecule has 0 fully saturated rings. The van der Waals surface area contributed by atoms with Crippen molar-refractivity contribution in [1.29, 1.82) is 0 Å². The third-order valence-corrected chi connectivity index (χ3v) is 3.68. The van der Waals surface area contributed by atoms with Crippen molar-refractivity contribution >= 4 is 28.4 Å². The number of fused-ring (bicyclic) bond motifs is 1. The Morgan fingerprint density at radius 2 is 2.00 bits per heavy atom. The molecule has 106 valence electrons. The van der Waals surface area contributed by atoms with Gasteiger partial charge in [-0.25, -0.2) is 0 Å². The number of aryl methyl sites for hydroxylation is 1. The highest BCUT2D eigenvalue weighted by Gasteiger charge is 2.13. The minimum absolute atomic E-state index is 0.110. The van der Waals surface area contributed by atoms with Crippen LogP contribution in [0.25, 0.3) is 10.9 Å². The Labute approximate surface area is 127 Å². The van der Waals surface area contributed by atoms with Crippen LogP contribution in [-0.4, -0.2) is 15.5 Å². The summed E-state index contributed by atoms with van der Waals surface area (Å²) in [7, 11) is 1.86. The molecule has 3 rings (SSSR count). The Balaban J connectivity index is 1.83. The number of amides is 1. The Hall–Kier alpha value is -2.33. The van der Waals surface area contributed by atoms with Crippen molar-refractivity contribution < 1.29 is 4.79 Å². The van der Waals surface area contributed by atoms with Crippen LogP contribution in [0.3, 0.4) is 0 Å². The zero-order valence-electron chi connectivity index (χ0n) is 11.5. The molecule has 2 heterocycles. The van der Waals surface area contributed by atoms with Crippen molar-refractivity contribution in [2.24, 2.45) is 7.05 Å². The van der Waals surface area contributed by atoms with E-state index in [1.54, 1.807) is 12.4 Å². The predicted molar refractivity (Wildman–Crippen MR) is 83.3 cm³/mol. The molecule has 2 aromatic heterocycles. The smallest absolute Gasteiger partial charge is 0.268 e. The number of aromatic nitrogens is 2. The summed E-state index contributed by atoms with van der Waals surface area (Å²) >= 11 is 6.00. The number of carbonyl (C=O) groups is 1. The molecule has 0 radical (unpaired) electrons. The highest BCUT2D eigenvalue weighted by Crippen LogP contribution is 2.22. The number of carbonyl (C=O) groups excluding carboxylic acids is 1. The zero-order valence-corrected chi connectivity index (χ0v) is 12.3. The summed E-state index contributed by atoms with van der Waals surface area (Å²) in [6, 6.07) is 11.2. The molecule has 3 aromatic rings. The number of nitrogens with zero attached hydrogens (tertiary/aromatic N) is 2. The number of nitrogens with one attached hydrogen (secondary N) is 1. The Morgan fingerprint density at radius 3 is 2.76 bits per heavy atom. The Bertz CT molecular complexity index is 796. The molecule has 0 aliphatic carbocycles. The van der Waals surface area contributed by atoms with Crippen LogP contribution >= 0.6 is 11.6 Å². The fourth-order valence-electron chi connectivity index (χ4n) is 2.29. The van der Waals surface area contributed by atoms with Gasteiger partial charge in [0.2, 0.25) is 0 Å². The quantitative estimate of drug-likeness (QED) is 0.807. The summed E-state index contributed by atoms with van der Waals surface area (Å²) in [6.45, 7) is 0.476. The van der Waals surface area contributed by atoms with E-state index >= 15 is 0 Å². The van der Waals surface area contributed by atoms with Crippen LogP contribution in [0.15, 0.2) is 48.8 Å². The van der Waals surface area contributed by atoms with E-state index in [4.69, 9.17) is 11.6 Å². The number of hydrogen-bond acceptors (Lipinski definition) is 2. The van der Waals surface area contributed by atoms with Gasteiger partial charge in [-0.05, 0) is 35.9 Å². The van der Waals surface area contributed by atoms with Crippen molar-refractivity contribution in [3.05, 3.63) is 65.1 Å². The average molecular weight is 300 g/mol. The fraction of sp³-hybridized carbons (Fsp3) is 0.125. The van der Waals surface area contributed by atoms with Crippen molar-refractivity contribution in [2.45, 2.75) is 6.54 Å². The predicted octanol–water partition coefficient (Wildman–Crippen LogP) is 3.16. The molecule has 1 amide bonds. The van der Waals surface area contributed by atoms with E-state index in [1.165, 1.54) is 0 Å². The second kappa shape index (κ2) is 5.58. The van der Waals surface area contributed by atoms with Gasteiger partial charge in [0.25, 0.3) is 5.91 Å². The van der Waals surface area contributed by atoms with Crippen molar-refractivity contribution in [1.82, 2.24) is 14.9 Å². The van der Waals surface area contributed by atoms with Crippen LogP contribution in [0.4, 0.5) is 0 Å². The number of benzene rings is 1. The topological polar surface area (TPSA) is 46.9 Å². The van der Waals surface area contributed by atoms with Gasteiger partial charge in [0.05, 0.1) is 0 Å². The first-order valence-corrected chi connectivity index (χ1v) is 6.95. The minimum atomic E-state index is -0.110. The molecular formula is C16H14ClN3O. The van der Waals surface area contributed by atoms with E-state index < -0.39 is 0 Å². The summed E-state index contributed by atoms with van der Waals surface area (Å²) < 4.78 is 1.85. The molecule has 0 aliphatic heterocycles. The second-order valence-electron chi connectivity index (χ2n) is 4.83. The first-order valence-electron chi connectivity index (χ1n) is 6.57. The normalized spacial score (nSPS) is 10.8. The van der Waals surface area contributed by atoms with Gasteiger partial charge in [-0.2, -0.15) is 0 Å². The Kier molecular flexibility index (Phi) is 3.62. The van der Waals surface area contributed by atoms with Crippen molar-refractivity contribution in [3.8, 4) is 0 Å². The van der Waals surface area contributed by atoms with Crippen molar-refractivity contribution in [2.75, 3.05) is 0 Å². The number of pyridine rings is 1. The first-order chi connectivity index (χ1) is 10.1. The standard InChI is InChI=1S/C16H14ClN3O/c1-20-14-9-13(17)3-2-12(14)8-15(20)16(21)19-10-11-4-6-18-7-5-11/h2-9H,10H2,1H3,(H,19,21). The van der Waals surface area contributed by atoms with Gasteiger partial charge in [-0.15, -0.1) is 0 Å². The van der Waals surface area contributed by atoms with E-state index in [1.807, 2.05) is 48.0 Å². The molecule has 1 N–H and O–H groups in total. The molecule has 0 saturated carbocycles. The monoisotopic (exact) mass is 299 g/mol. The number of rotatable bonds is 3. The molecular weight excluding hydrogens is 286 g/mol. The van der Waals surface area contributed by atoms with E-state index in [2.05, 4.69) is 10.3 Å². The lowest BCUT2D eigenvalue weighted by Crippen LogP contribution is -2.24. The van der Waals surface area contributed by atoms with Crippen LogP contribution in [0.1, 0.15) is 16.1 Å². The van der Waals surface area contributed by atoms with Gasteiger partial charge in [-0.1, -0.05) is 17.7 Å². The Morgan fingerprint density at radius 1 is 1.24 bits per heavy atom. The maximum atomic E-state index is 12.3. The summed E-state index contributed by atoms with van der Waals surface area (Å²) in [6.07, 6.45) is 3.42. The van der Waals surface area contributed by atoms with Crippen LogP contribution in [0.2, 0.25) is 5.02 Å². The SMILES string of the molecule is Cn1c(C(=O)NCc2ccncc2)cc2ccc(Cl)cc21. The number of hydrogen-bond donors (Lipinski definition) is 1. The van der Waals surface area contributed by atoms with Gasteiger partial charge in [0.1, 0.15) is 5.69 Å². The zero-order chi connectivity index (χ0) is 14.8. The van der Waals surface area contributed by atoms with Crippen LogP contribution in [-0.2, 0) is 13.6 Å². The van der Waals surface area contributed by atoms with Gasteiger partial charge in [-0.3, -0.25) is 9.78 Å². The van der Waals surface area contributed by atoms with Gasteiger partial charge >= 0.3 is 0 Å². The van der Waals surface area contributed by atoms with E-state index in [9.17, 15) is 4.79 Å². The highest BCUT2D eigenvalue weighted by atomic mass is 35.5. The minimum Gasteiger partial charge on any atom is -0.347 e. The lowest BCUT2D eigenvalue weighted by Gasteiger charge is -2.06. The summed E-state index contributed by atoms with van der Waals surface area (Å²) in [4.78, 5) is 16.3. The molecule has 0 unspecified atom stereocenters. The molecule has 4 nitrogen and oxygen atoms in total.